The Labute approximate surface area is 68.6 Å². The van der Waals surface area contributed by atoms with Crippen LogP contribution in [0.1, 0.15) is 5.56 Å². The van der Waals surface area contributed by atoms with Crippen LogP contribution in [0.4, 0.5) is 0 Å². The van der Waals surface area contributed by atoms with E-state index in [2.05, 4.69) is 10.1 Å². The van der Waals surface area contributed by atoms with Crippen molar-refractivity contribution >= 4 is 17.2 Å². The molecular weight excluding hydrogens is 162 g/mol. The van der Waals surface area contributed by atoms with Gasteiger partial charge in [-0.1, -0.05) is 17.7 Å². The highest BCUT2D eigenvalue weighted by Crippen LogP contribution is 2.12. The lowest BCUT2D eigenvalue weighted by atomic mass is 10.3. The molecule has 3 nitrogen and oxygen atoms in total. The fourth-order valence-corrected chi connectivity index (χ4v) is 1.19. The Morgan fingerprint density at radius 1 is 1.45 bits per heavy atom. The van der Waals surface area contributed by atoms with Gasteiger partial charge in [-0.25, -0.2) is 9.50 Å². The third kappa shape index (κ3) is 0.886. The smallest absolute Gasteiger partial charge is 0.159 e. The summed E-state index contributed by atoms with van der Waals surface area (Å²) in [7, 11) is 0. The van der Waals surface area contributed by atoms with Crippen molar-refractivity contribution in [1.29, 1.82) is 0 Å². The average molecular weight is 168 g/mol. The summed E-state index contributed by atoms with van der Waals surface area (Å²) in [4.78, 5) is 4.05. The van der Waals surface area contributed by atoms with Crippen LogP contribution in [-0.4, -0.2) is 14.6 Å². The molecule has 0 atom stereocenters. The summed E-state index contributed by atoms with van der Waals surface area (Å²) in [5.74, 6) is 0. The molecule has 0 saturated carbocycles. The number of aromatic nitrogens is 3. The molecule has 0 fully saturated rings. The molecule has 0 aliphatic carbocycles. The predicted molar refractivity (Wildman–Crippen MR) is 42.7 cm³/mol. The molecule has 4 heteroatoms. The van der Waals surface area contributed by atoms with Crippen LogP contribution >= 0.6 is 11.6 Å². The maximum absolute atomic E-state index is 5.83. The fraction of sp³-hybridized carbons (Fsp3) is 0.143. The summed E-state index contributed by atoms with van der Waals surface area (Å²) in [6.07, 6.45) is 1.49. The Hall–Kier alpha value is -1.09. The molecule has 0 radical (unpaired) electrons. The van der Waals surface area contributed by atoms with E-state index in [1.165, 1.54) is 6.33 Å². The number of aryl methyl sites for hydroxylation is 1. The monoisotopic (exact) mass is 167 g/mol. The van der Waals surface area contributed by atoms with Crippen LogP contribution in [0.15, 0.2) is 18.5 Å². The van der Waals surface area contributed by atoms with Crippen LogP contribution in [0.2, 0.25) is 5.15 Å². The SMILES string of the molecule is Cc1ccc(Cl)n2ncnc12. The molecule has 2 heterocycles. The van der Waals surface area contributed by atoms with Gasteiger partial charge in [0.25, 0.3) is 0 Å². The first-order valence-corrected chi connectivity index (χ1v) is 3.61. The quantitative estimate of drug-likeness (QED) is 0.559. The number of pyridine rings is 1. The Balaban J connectivity index is 2.96. The normalized spacial score (nSPS) is 10.7. The lowest BCUT2D eigenvalue weighted by Gasteiger charge is -1.96. The lowest BCUT2D eigenvalue weighted by molar-refractivity contribution is 0.957. The van der Waals surface area contributed by atoms with Gasteiger partial charge in [0.05, 0.1) is 0 Å². The summed E-state index contributed by atoms with van der Waals surface area (Å²) >= 11 is 5.83. The van der Waals surface area contributed by atoms with Gasteiger partial charge in [-0.15, -0.1) is 0 Å². The van der Waals surface area contributed by atoms with E-state index in [1.54, 1.807) is 10.6 Å². The topological polar surface area (TPSA) is 30.2 Å². The van der Waals surface area contributed by atoms with Crippen LogP contribution in [0.5, 0.6) is 0 Å². The molecule has 2 aromatic heterocycles. The zero-order valence-corrected chi connectivity index (χ0v) is 6.71. The average Bonchev–Trinajstić information content (AvgIpc) is 2.45. The summed E-state index contributed by atoms with van der Waals surface area (Å²) in [6, 6.07) is 3.73. The van der Waals surface area contributed by atoms with Gasteiger partial charge < -0.3 is 0 Å². The highest BCUT2D eigenvalue weighted by molar-refractivity contribution is 6.29. The highest BCUT2D eigenvalue weighted by atomic mass is 35.5. The van der Waals surface area contributed by atoms with E-state index >= 15 is 0 Å². The van der Waals surface area contributed by atoms with Crippen molar-refractivity contribution in [3.8, 4) is 0 Å². The Morgan fingerprint density at radius 3 is 3.00 bits per heavy atom. The molecule has 0 spiro atoms. The van der Waals surface area contributed by atoms with Crippen molar-refractivity contribution in [2.24, 2.45) is 0 Å². The standard InChI is InChI=1S/C7H6ClN3/c1-5-2-3-6(8)11-7(5)9-4-10-11/h2-4H,1H3. The number of nitrogens with zero attached hydrogens (tertiary/aromatic N) is 3. The van der Waals surface area contributed by atoms with Gasteiger partial charge in [-0.3, -0.25) is 0 Å². The van der Waals surface area contributed by atoms with E-state index < -0.39 is 0 Å². The van der Waals surface area contributed by atoms with Gasteiger partial charge >= 0.3 is 0 Å². The zero-order chi connectivity index (χ0) is 7.84. The van der Waals surface area contributed by atoms with Crippen molar-refractivity contribution in [3.05, 3.63) is 29.2 Å². The van der Waals surface area contributed by atoms with Crippen molar-refractivity contribution < 1.29 is 0 Å². The van der Waals surface area contributed by atoms with Crippen LogP contribution in [0, 0.1) is 6.92 Å². The number of hydrogen-bond acceptors (Lipinski definition) is 2. The van der Waals surface area contributed by atoms with Gasteiger partial charge in [0.1, 0.15) is 11.5 Å². The van der Waals surface area contributed by atoms with E-state index in [4.69, 9.17) is 11.6 Å². The number of halogens is 1. The number of rotatable bonds is 0. The van der Waals surface area contributed by atoms with Crippen molar-refractivity contribution in [2.45, 2.75) is 6.92 Å². The highest BCUT2D eigenvalue weighted by Gasteiger charge is 2.01. The van der Waals surface area contributed by atoms with Crippen LogP contribution < -0.4 is 0 Å². The summed E-state index contributed by atoms with van der Waals surface area (Å²) in [5, 5.41) is 4.54. The van der Waals surface area contributed by atoms with Gasteiger partial charge in [0.15, 0.2) is 5.65 Å². The fourth-order valence-electron chi connectivity index (χ4n) is 1.01. The molecule has 56 valence electrons. The van der Waals surface area contributed by atoms with Crippen LogP contribution in [-0.2, 0) is 0 Å². The molecule has 0 unspecified atom stereocenters. The zero-order valence-electron chi connectivity index (χ0n) is 5.95. The Kier molecular flexibility index (Phi) is 1.32. The third-order valence-electron chi connectivity index (χ3n) is 1.57. The van der Waals surface area contributed by atoms with Gasteiger partial charge in [-0.05, 0) is 18.6 Å². The molecule has 0 aromatic carbocycles. The molecular formula is C7H6ClN3. The van der Waals surface area contributed by atoms with Gasteiger partial charge in [0.2, 0.25) is 0 Å². The minimum atomic E-state index is 0.586. The Morgan fingerprint density at radius 2 is 2.27 bits per heavy atom. The van der Waals surface area contributed by atoms with E-state index in [9.17, 15) is 0 Å². The van der Waals surface area contributed by atoms with E-state index in [1.807, 2.05) is 13.0 Å². The van der Waals surface area contributed by atoms with Crippen molar-refractivity contribution in [3.63, 3.8) is 0 Å². The molecule has 0 aliphatic heterocycles. The summed E-state index contributed by atoms with van der Waals surface area (Å²) in [5.41, 5.74) is 1.89. The lowest BCUT2D eigenvalue weighted by Crippen LogP contribution is -1.90. The second kappa shape index (κ2) is 2.20. The van der Waals surface area contributed by atoms with Crippen molar-refractivity contribution in [2.75, 3.05) is 0 Å². The molecule has 0 saturated heterocycles. The first kappa shape index (κ1) is 6.61. The summed E-state index contributed by atoms with van der Waals surface area (Å²) < 4.78 is 1.61. The predicted octanol–water partition coefficient (Wildman–Crippen LogP) is 1.69. The van der Waals surface area contributed by atoms with E-state index in [0.29, 0.717) is 5.15 Å². The minimum Gasteiger partial charge on any atom is -0.215 e. The third-order valence-corrected chi connectivity index (χ3v) is 1.86. The van der Waals surface area contributed by atoms with Gasteiger partial charge in [-0.2, -0.15) is 5.10 Å². The molecule has 0 bridgehead atoms. The minimum absolute atomic E-state index is 0.586. The molecule has 0 N–H and O–H groups in total. The molecule has 11 heavy (non-hydrogen) atoms. The van der Waals surface area contributed by atoms with E-state index in [0.717, 1.165) is 11.2 Å². The number of fused-ring (bicyclic) bond motifs is 1. The maximum atomic E-state index is 5.83. The largest absolute Gasteiger partial charge is 0.215 e. The first-order valence-electron chi connectivity index (χ1n) is 3.24. The van der Waals surface area contributed by atoms with Gasteiger partial charge in [0, 0.05) is 0 Å². The molecule has 2 rings (SSSR count). The number of hydrogen-bond donors (Lipinski definition) is 0. The second-order valence-electron chi connectivity index (χ2n) is 2.33. The second-order valence-corrected chi connectivity index (χ2v) is 2.72. The maximum Gasteiger partial charge on any atom is 0.159 e. The molecule has 0 aliphatic rings. The first-order chi connectivity index (χ1) is 5.29. The van der Waals surface area contributed by atoms with Crippen molar-refractivity contribution in [1.82, 2.24) is 14.6 Å². The van der Waals surface area contributed by atoms with E-state index in [-0.39, 0.29) is 0 Å². The Bertz CT molecular complexity index is 357. The molecule has 0 amide bonds. The van der Waals surface area contributed by atoms with Crippen LogP contribution in [0.3, 0.4) is 0 Å². The summed E-state index contributed by atoms with van der Waals surface area (Å²) in [6.45, 7) is 1.97. The van der Waals surface area contributed by atoms with Crippen LogP contribution in [0.25, 0.3) is 5.65 Å². The molecule has 2 aromatic rings.